The quantitative estimate of drug-likeness (QED) is 0.308. The molecule has 6 heteroatoms. The lowest BCUT2D eigenvalue weighted by Crippen LogP contribution is -2.21. The molecule has 1 fully saturated rings. The number of carbonyl (C=O) groups excluding carboxylic acids is 1. The van der Waals surface area contributed by atoms with Crippen LogP contribution in [0, 0.1) is 0 Å². The monoisotopic (exact) mass is 474 g/mol. The number of rotatable bonds is 8. The van der Waals surface area contributed by atoms with Crippen molar-refractivity contribution in [2.75, 3.05) is 18.0 Å². The van der Waals surface area contributed by atoms with Crippen LogP contribution < -0.4 is 15.0 Å². The molecule has 0 atom stereocenters. The van der Waals surface area contributed by atoms with Crippen LogP contribution >= 0.6 is 24.0 Å². The van der Waals surface area contributed by atoms with Crippen LogP contribution in [-0.2, 0) is 11.4 Å². The smallest absolute Gasteiger partial charge is 0.263 e. The van der Waals surface area contributed by atoms with Crippen LogP contribution in [0.1, 0.15) is 25.0 Å². The molecule has 0 radical (unpaired) electrons. The van der Waals surface area contributed by atoms with Gasteiger partial charge in [0.1, 0.15) is 16.7 Å². The molecule has 1 aliphatic rings. The molecule has 4 rings (SSSR count). The minimum absolute atomic E-state index is 0.166. The second kappa shape index (κ2) is 10.7. The summed E-state index contributed by atoms with van der Waals surface area (Å²) >= 11 is 6.40. The number of nitrogens with one attached hydrogen (secondary N) is 1. The van der Waals surface area contributed by atoms with Gasteiger partial charge in [-0.15, -0.1) is 0 Å². The summed E-state index contributed by atoms with van der Waals surface area (Å²) in [5.41, 5.74) is 5.39. The summed E-state index contributed by atoms with van der Waals surface area (Å²) in [5.74, 6) is 0.575. The van der Waals surface area contributed by atoms with Crippen LogP contribution in [0.4, 0.5) is 5.69 Å². The number of hydrogen-bond donors (Lipinski definition) is 1. The first kappa shape index (κ1) is 23.1. The van der Waals surface area contributed by atoms with E-state index in [4.69, 9.17) is 17.0 Å². The van der Waals surface area contributed by atoms with Gasteiger partial charge in [-0.2, -0.15) is 0 Å². The van der Waals surface area contributed by atoms with Crippen molar-refractivity contribution in [2.45, 2.75) is 20.5 Å². The van der Waals surface area contributed by atoms with E-state index >= 15 is 0 Å². The summed E-state index contributed by atoms with van der Waals surface area (Å²) in [6, 6.07) is 24.8. The topological polar surface area (TPSA) is 41.6 Å². The molecule has 0 spiro atoms. The van der Waals surface area contributed by atoms with Crippen molar-refractivity contribution in [1.29, 1.82) is 0 Å². The number of amides is 1. The number of nitrogens with zero attached hydrogens (tertiary/aromatic N) is 1. The molecule has 0 saturated carbocycles. The van der Waals surface area contributed by atoms with Crippen molar-refractivity contribution in [3.8, 4) is 16.9 Å². The maximum Gasteiger partial charge on any atom is 0.263 e. The Morgan fingerprint density at radius 1 is 0.970 bits per heavy atom. The Kier molecular flexibility index (Phi) is 7.47. The van der Waals surface area contributed by atoms with Crippen LogP contribution in [-0.4, -0.2) is 23.3 Å². The lowest BCUT2D eigenvalue weighted by atomic mass is 10.0. The van der Waals surface area contributed by atoms with E-state index in [1.165, 1.54) is 22.9 Å². The molecule has 0 aliphatic carbocycles. The third kappa shape index (κ3) is 5.64. The standard InChI is InChI=1S/C27H26N2O2S2/c1-3-29(4-2)23-15-14-22(16-25-26(30)28-27(32)33-25)24(17-23)31-18-19-10-12-21(13-11-19)20-8-6-5-7-9-20/h5-17H,3-4,18H2,1-2H3,(H,28,30,32). The number of thiocarbonyl (C=S) groups is 1. The largest absolute Gasteiger partial charge is 0.488 e. The number of hydrogen-bond acceptors (Lipinski definition) is 5. The molecule has 0 unspecified atom stereocenters. The van der Waals surface area contributed by atoms with E-state index in [0.29, 0.717) is 15.8 Å². The van der Waals surface area contributed by atoms with Crippen LogP contribution in [0.2, 0.25) is 0 Å². The molecule has 3 aromatic carbocycles. The second-order valence-electron chi connectivity index (χ2n) is 7.60. The molecule has 1 heterocycles. The van der Waals surface area contributed by atoms with Gasteiger partial charge in [0.15, 0.2) is 0 Å². The summed E-state index contributed by atoms with van der Waals surface area (Å²) in [7, 11) is 0. The fourth-order valence-electron chi connectivity index (χ4n) is 3.70. The lowest BCUT2D eigenvalue weighted by molar-refractivity contribution is -0.115. The molecule has 1 N–H and O–H groups in total. The fraction of sp³-hybridized carbons (Fsp3) is 0.185. The van der Waals surface area contributed by atoms with Crippen molar-refractivity contribution < 1.29 is 9.53 Å². The number of carbonyl (C=O) groups is 1. The minimum atomic E-state index is -0.166. The maximum absolute atomic E-state index is 12.2. The van der Waals surface area contributed by atoms with E-state index in [0.717, 1.165) is 35.7 Å². The van der Waals surface area contributed by atoms with Gasteiger partial charge in [0, 0.05) is 30.4 Å². The highest BCUT2D eigenvalue weighted by Gasteiger charge is 2.22. The fourth-order valence-corrected chi connectivity index (χ4v) is 4.74. The molecule has 168 valence electrons. The van der Waals surface area contributed by atoms with Crippen LogP contribution in [0.15, 0.2) is 77.7 Å². The first-order valence-corrected chi connectivity index (χ1v) is 12.2. The summed E-state index contributed by atoms with van der Waals surface area (Å²) in [6.45, 7) is 6.52. The Morgan fingerprint density at radius 2 is 1.67 bits per heavy atom. The van der Waals surface area contributed by atoms with E-state index in [-0.39, 0.29) is 5.91 Å². The first-order valence-electron chi connectivity index (χ1n) is 11.0. The Bertz CT molecular complexity index is 1170. The third-order valence-corrected chi connectivity index (χ3v) is 6.67. The molecule has 0 bridgehead atoms. The summed E-state index contributed by atoms with van der Waals surface area (Å²) < 4.78 is 6.75. The van der Waals surface area contributed by atoms with Gasteiger partial charge in [-0.3, -0.25) is 4.79 Å². The van der Waals surface area contributed by atoms with Gasteiger partial charge >= 0.3 is 0 Å². The molecule has 1 saturated heterocycles. The molecule has 33 heavy (non-hydrogen) atoms. The van der Waals surface area contributed by atoms with Gasteiger partial charge in [0.05, 0.1) is 4.91 Å². The maximum atomic E-state index is 12.2. The molecule has 4 nitrogen and oxygen atoms in total. The predicted octanol–water partition coefficient (Wildman–Crippen LogP) is 6.27. The van der Waals surface area contributed by atoms with Crippen LogP contribution in [0.5, 0.6) is 5.75 Å². The van der Waals surface area contributed by atoms with E-state index in [1.54, 1.807) is 0 Å². The highest BCUT2D eigenvalue weighted by atomic mass is 32.2. The Labute approximate surface area is 204 Å². The zero-order valence-electron chi connectivity index (χ0n) is 18.7. The summed E-state index contributed by atoms with van der Waals surface area (Å²) in [4.78, 5) is 15.0. The minimum Gasteiger partial charge on any atom is -0.488 e. The predicted molar refractivity (Wildman–Crippen MR) is 143 cm³/mol. The molecule has 0 aromatic heterocycles. The van der Waals surface area contributed by atoms with E-state index in [2.05, 4.69) is 66.5 Å². The van der Waals surface area contributed by atoms with Crippen molar-refractivity contribution in [3.63, 3.8) is 0 Å². The van der Waals surface area contributed by atoms with Crippen molar-refractivity contribution in [2.24, 2.45) is 0 Å². The number of thioether (sulfide) groups is 1. The van der Waals surface area contributed by atoms with Crippen LogP contribution in [0.3, 0.4) is 0 Å². The van der Waals surface area contributed by atoms with E-state index in [9.17, 15) is 4.79 Å². The molecule has 1 aliphatic heterocycles. The second-order valence-corrected chi connectivity index (χ2v) is 9.32. The average Bonchev–Trinajstić information content (AvgIpc) is 3.17. The zero-order valence-corrected chi connectivity index (χ0v) is 20.3. The summed E-state index contributed by atoms with van der Waals surface area (Å²) in [5, 5.41) is 2.67. The number of benzene rings is 3. The van der Waals surface area contributed by atoms with Gasteiger partial charge in [0.2, 0.25) is 0 Å². The normalized spacial score (nSPS) is 14.4. The van der Waals surface area contributed by atoms with E-state index in [1.807, 2.05) is 36.4 Å². The summed E-state index contributed by atoms with van der Waals surface area (Å²) in [6.07, 6.45) is 1.85. The van der Waals surface area contributed by atoms with Gasteiger partial charge < -0.3 is 15.0 Å². The first-order chi connectivity index (χ1) is 16.1. The van der Waals surface area contributed by atoms with Gasteiger partial charge in [-0.1, -0.05) is 78.6 Å². The Hall–Kier alpha value is -3.09. The average molecular weight is 475 g/mol. The van der Waals surface area contributed by atoms with Gasteiger partial charge in [-0.25, -0.2) is 0 Å². The molecular formula is C27H26N2O2S2. The molecule has 3 aromatic rings. The Balaban J connectivity index is 1.58. The highest BCUT2D eigenvalue weighted by molar-refractivity contribution is 8.26. The zero-order chi connectivity index (χ0) is 23.2. The molecule has 1 amide bonds. The van der Waals surface area contributed by atoms with Crippen LogP contribution in [0.25, 0.3) is 17.2 Å². The third-order valence-electron chi connectivity index (χ3n) is 5.51. The Morgan fingerprint density at radius 3 is 2.30 bits per heavy atom. The van der Waals surface area contributed by atoms with Gasteiger partial charge in [0.25, 0.3) is 5.91 Å². The van der Waals surface area contributed by atoms with E-state index < -0.39 is 0 Å². The SMILES string of the molecule is CCN(CC)c1ccc(C=C2SC(=S)NC2=O)c(OCc2ccc(-c3ccccc3)cc2)c1. The lowest BCUT2D eigenvalue weighted by Gasteiger charge is -2.22. The number of ether oxygens (including phenoxy) is 1. The van der Waals surface area contributed by atoms with Crippen molar-refractivity contribution >= 4 is 46.0 Å². The van der Waals surface area contributed by atoms with Crippen molar-refractivity contribution in [3.05, 3.63) is 88.8 Å². The van der Waals surface area contributed by atoms with Crippen molar-refractivity contribution in [1.82, 2.24) is 5.32 Å². The highest BCUT2D eigenvalue weighted by Crippen LogP contribution is 2.32. The number of anilines is 1. The molecular weight excluding hydrogens is 448 g/mol. The van der Waals surface area contributed by atoms with Gasteiger partial charge in [-0.05, 0) is 48.7 Å².